The normalized spacial score (nSPS) is 13.9. The van der Waals surface area contributed by atoms with Gasteiger partial charge in [0.25, 0.3) is 0 Å². The molecule has 1 aliphatic heterocycles. The lowest BCUT2D eigenvalue weighted by atomic mass is 10.3. The molecule has 0 spiro atoms. The first-order valence-corrected chi connectivity index (χ1v) is 10.3. The highest BCUT2D eigenvalue weighted by atomic mass is 35.5. The first-order chi connectivity index (χ1) is 15.0. The average Bonchev–Trinajstić information content (AvgIpc) is 3.12. The molecule has 0 bridgehead atoms. The molecule has 1 N–H and O–H groups in total. The number of carbonyl (C=O) groups excluding carboxylic acids is 1. The van der Waals surface area contributed by atoms with E-state index in [9.17, 15) is 4.79 Å². The average molecular weight is 442 g/mol. The predicted octanol–water partition coefficient (Wildman–Crippen LogP) is 3.30. The van der Waals surface area contributed by atoms with Crippen LogP contribution in [0, 0.1) is 13.8 Å². The highest BCUT2D eigenvalue weighted by molar-refractivity contribution is 6.31. The van der Waals surface area contributed by atoms with E-state index in [1.165, 1.54) is 0 Å². The van der Waals surface area contributed by atoms with Crippen LogP contribution in [-0.4, -0.2) is 63.7 Å². The zero-order chi connectivity index (χ0) is 22.0. The zero-order valence-corrected chi connectivity index (χ0v) is 18.4. The van der Waals surface area contributed by atoms with Crippen molar-refractivity contribution in [1.29, 1.82) is 0 Å². The third kappa shape index (κ3) is 4.41. The fraction of sp³-hybridized carbons (Fsp3) is 0.333. The lowest BCUT2D eigenvalue weighted by Gasteiger charge is -2.35. The van der Waals surface area contributed by atoms with Gasteiger partial charge in [0.05, 0.1) is 18.5 Å². The van der Waals surface area contributed by atoms with E-state index in [-0.39, 0.29) is 6.03 Å². The molecule has 0 saturated carbocycles. The molecule has 1 aromatic carbocycles. The molecule has 10 heteroatoms. The molecule has 1 fully saturated rings. The second kappa shape index (κ2) is 8.81. The van der Waals surface area contributed by atoms with Gasteiger partial charge in [-0.25, -0.2) is 19.7 Å². The summed E-state index contributed by atoms with van der Waals surface area (Å²) < 4.78 is 7.25. The highest BCUT2D eigenvalue weighted by Gasteiger charge is 2.23. The smallest absolute Gasteiger partial charge is 0.322 e. The Morgan fingerprint density at radius 3 is 2.48 bits per heavy atom. The van der Waals surface area contributed by atoms with Crippen LogP contribution < -0.4 is 15.0 Å². The summed E-state index contributed by atoms with van der Waals surface area (Å²) in [4.78, 5) is 29.8. The molecule has 1 saturated heterocycles. The van der Waals surface area contributed by atoms with Crippen LogP contribution >= 0.6 is 11.6 Å². The predicted molar refractivity (Wildman–Crippen MR) is 119 cm³/mol. The number of methoxy groups -OCH3 is 1. The number of anilines is 2. The summed E-state index contributed by atoms with van der Waals surface area (Å²) in [5.74, 6) is 2.17. The third-order valence-electron chi connectivity index (χ3n) is 5.43. The fourth-order valence-corrected chi connectivity index (χ4v) is 3.65. The van der Waals surface area contributed by atoms with E-state index in [4.69, 9.17) is 16.3 Å². The second-order valence-electron chi connectivity index (χ2n) is 7.27. The van der Waals surface area contributed by atoms with Crippen LogP contribution in [0.5, 0.6) is 5.75 Å². The maximum Gasteiger partial charge on any atom is 0.322 e. The van der Waals surface area contributed by atoms with Crippen molar-refractivity contribution < 1.29 is 9.53 Å². The Kier molecular flexibility index (Phi) is 5.94. The van der Waals surface area contributed by atoms with Gasteiger partial charge in [-0.2, -0.15) is 0 Å². The van der Waals surface area contributed by atoms with E-state index in [0.29, 0.717) is 42.6 Å². The topological polar surface area (TPSA) is 88.4 Å². The van der Waals surface area contributed by atoms with Crippen LogP contribution in [0.1, 0.15) is 11.4 Å². The maximum atomic E-state index is 12.7. The Bertz CT molecular complexity index is 1090. The standard InChI is InChI=1S/C21H24ClN7O2/c1-14-15(2)29(13-25-14)20-11-19(23-12-24-20)27-6-8-28(9-7-27)21(30)26-17-10-16(22)4-5-18(17)31-3/h4-5,10-13H,6-9H2,1-3H3,(H,26,30). The van der Waals surface area contributed by atoms with Gasteiger partial charge in [-0.15, -0.1) is 0 Å². The van der Waals surface area contributed by atoms with Gasteiger partial charge in [0.1, 0.15) is 30.0 Å². The maximum absolute atomic E-state index is 12.7. The van der Waals surface area contributed by atoms with Gasteiger partial charge < -0.3 is 19.9 Å². The van der Waals surface area contributed by atoms with Gasteiger partial charge in [0.2, 0.25) is 0 Å². The van der Waals surface area contributed by atoms with Crippen LogP contribution in [0.25, 0.3) is 5.82 Å². The molecule has 0 aliphatic carbocycles. The number of hydrogen-bond donors (Lipinski definition) is 1. The SMILES string of the molecule is COc1ccc(Cl)cc1NC(=O)N1CCN(c2cc(-n3cnc(C)c3C)ncn2)CC1. The Balaban J connectivity index is 1.41. The van der Waals surface area contributed by atoms with Crippen molar-refractivity contribution in [3.63, 3.8) is 0 Å². The van der Waals surface area contributed by atoms with Gasteiger partial charge in [-0.05, 0) is 32.0 Å². The minimum Gasteiger partial charge on any atom is -0.495 e. The summed E-state index contributed by atoms with van der Waals surface area (Å²) in [5, 5.41) is 3.42. The van der Waals surface area contributed by atoms with Crippen molar-refractivity contribution in [1.82, 2.24) is 24.4 Å². The Morgan fingerprint density at radius 2 is 1.81 bits per heavy atom. The molecule has 2 aromatic heterocycles. The number of rotatable bonds is 4. The van der Waals surface area contributed by atoms with Crippen LogP contribution in [0.4, 0.5) is 16.3 Å². The Morgan fingerprint density at radius 1 is 1.06 bits per heavy atom. The molecular weight excluding hydrogens is 418 g/mol. The summed E-state index contributed by atoms with van der Waals surface area (Å²) in [5.41, 5.74) is 2.56. The number of aryl methyl sites for hydroxylation is 1. The number of hydrogen-bond acceptors (Lipinski definition) is 6. The Labute approximate surface area is 185 Å². The lowest BCUT2D eigenvalue weighted by molar-refractivity contribution is 0.208. The summed E-state index contributed by atoms with van der Waals surface area (Å²) in [6.45, 7) is 6.44. The Hall–Kier alpha value is -3.33. The van der Waals surface area contributed by atoms with Crippen LogP contribution in [-0.2, 0) is 0 Å². The number of ether oxygens (including phenoxy) is 1. The summed E-state index contributed by atoms with van der Waals surface area (Å²) in [6, 6.07) is 6.88. The van der Waals surface area contributed by atoms with Crippen molar-refractivity contribution in [2.75, 3.05) is 43.5 Å². The number of halogens is 1. The van der Waals surface area contributed by atoms with Crippen LogP contribution in [0.2, 0.25) is 5.02 Å². The van der Waals surface area contributed by atoms with E-state index >= 15 is 0 Å². The quantitative estimate of drug-likeness (QED) is 0.668. The van der Waals surface area contributed by atoms with Gasteiger partial charge in [-0.1, -0.05) is 11.6 Å². The zero-order valence-electron chi connectivity index (χ0n) is 17.7. The van der Waals surface area contributed by atoms with Crippen LogP contribution in [0.3, 0.4) is 0 Å². The number of imidazole rings is 1. The molecular formula is C21H24ClN7O2. The number of carbonyl (C=O) groups is 1. The number of nitrogens with zero attached hydrogens (tertiary/aromatic N) is 6. The summed E-state index contributed by atoms with van der Waals surface area (Å²) in [6.07, 6.45) is 3.33. The molecule has 3 aromatic rings. The first kappa shape index (κ1) is 20.9. The molecule has 162 valence electrons. The van der Waals surface area contributed by atoms with E-state index in [1.54, 1.807) is 42.9 Å². The summed E-state index contributed by atoms with van der Waals surface area (Å²) >= 11 is 6.05. The second-order valence-corrected chi connectivity index (χ2v) is 7.71. The lowest BCUT2D eigenvalue weighted by Crippen LogP contribution is -2.50. The van der Waals surface area contributed by atoms with Gasteiger partial charge >= 0.3 is 6.03 Å². The van der Waals surface area contributed by atoms with Crippen molar-refractivity contribution in [3.8, 4) is 11.6 Å². The molecule has 9 nitrogen and oxygen atoms in total. The number of nitrogens with one attached hydrogen (secondary N) is 1. The van der Waals surface area contributed by atoms with E-state index < -0.39 is 0 Å². The van der Waals surface area contributed by atoms with E-state index in [1.807, 2.05) is 24.5 Å². The largest absolute Gasteiger partial charge is 0.495 e. The minimum absolute atomic E-state index is 0.187. The summed E-state index contributed by atoms with van der Waals surface area (Å²) in [7, 11) is 1.56. The number of piperazine rings is 1. The number of amides is 2. The molecule has 0 atom stereocenters. The van der Waals surface area contributed by atoms with Crippen molar-refractivity contribution in [2.45, 2.75) is 13.8 Å². The third-order valence-corrected chi connectivity index (χ3v) is 5.67. The molecule has 31 heavy (non-hydrogen) atoms. The molecule has 0 unspecified atom stereocenters. The fourth-order valence-electron chi connectivity index (χ4n) is 3.48. The monoisotopic (exact) mass is 441 g/mol. The number of aromatic nitrogens is 4. The number of urea groups is 1. The van der Waals surface area contributed by atoms with Crippen molar-refractivity contribution in [3.05, 3.63) is 53.3 Å². The van der Waals surface area contributed by atoms with Gasteiger partial charge in [0, 0.05) is 43.0 Å². The van der Waals surface area contributed by atoms with E-state index in [0.717, 1.165) is 23.0 Å². The van der Waals surface area contributed by atoms with Crippen molar-refractivity contribution >= 4 is 29.1 Å². The molecule has 3 heterocycles. The highest BCUT2D eigenvalue weighted by Crippen LogP contribution is 2.28. The first-order valence-electron chi connectivity index (χ1n) is 9.93. The van der Waals surface area contributed by atoms with Gasteiger partial charge in [-0.3, -0.25) is 4.57 Å². The van der Waals surface area contributed by atoms with Crippen molar-refractivity contribution in [2.24, 2.45) is 0 Å². The molecule has 1 aliphatic rings. The molecule has 2 amide bonds. The van der Waals surface area contributed by atoms with Crippen LogP contribution in [0.15, 0.2) is 36.9 Å². The number of benzene rings is 1. The van der Waals surface area contributed by atoms with E-state index in [2.05, 4.69) is 25.2 Å². The van der Waals surface area contributed by atoms with Gasteiger partial charge in [0.15, 0.2) is 0 Å². The molecule has 4 rings (SSSR count). The molecule has 0 radical (unpaired) electrons. The minimum atomic E-state index is -0.187.